The molecule has 2 fully saturated rings. The zero-order valence-corrected chi connectivity index (χ0v) is 18.0. The summed E-state index contributed by atoms with van der Waals surface area (Å²) in [6.07, 6.45) is 4.13. The first-order valence-electron chi connectivity index (χ1n) is 8.93. The topological polar surface area (TPSA) is 98.8 Å². The number of carbonyl (C=O) groups is 2. The number of imide groups is 1. The summed E-state index contributed by atoms with van der Waals surface area (Å²) in [5, 5.41) is 5.17. The van der Waals surface area contributed by atoms with Crippen LogP contribution in [0.25, 0.3) is 0 Å². The van der Waals surface area contributed by atoms with Gasteiger partial charge in [0, 0.05) is 32.2 Å². The molecule has 3 amide bonds. The van der Waals surface area contributed by atoms with Crippen LogP contribution < -0.4 is 10.6 Å². The molecule has 0 radical (unpaired) electrons. The molecular formula is C16H23BrN4O4S2. The Labute approximate surface area is 171 Å². The molecule has 8 nitrogen and oxygen atoms in total. The van der Waals surface area contributed by atoms with Gasteiger partial charge < -0.3 is 5.32 Å². The van der Waals surface area contributed by atoms with Gasteiger partial charge in [-0.2, -0.15) is 4.31 Å². The van der Waals surface area contributed by atoms with Crippen LogP contribution >= 0.6 is 27.3 Å². The average Bonchev–Trinajstić information content (AvgIpc) is 3.27. The highest BCUT2D eigenvalue weighted by molar-refractivity contribution is 9.11. The van der Waals surface area contributed by atoms with Gasteiger partial charge >= 0.3 is 6.03 Å². The Hall–Kier alpha value is -1.01. The number of thiophene rings is 1. The number of halogens is 1. The van der Waals surface area contributed by atoms with Crippen molar-refractivity contribution in [1.29, 1.82) is 0 Å². The maximum Gasteiger partial charge on any atom is 0.321 e. The molecule has 2 heterocycles. The van der Waals surface area contributed by atoms with E-state index in [1.807, 2.05) is 4.90 Å². The zero-order chi connectivity index (χ0) is 19.4. The van der Waals surface area contributed by atoms with E-state index in [0.29, 0.717) is 30.4 Å². The quantitative estimate of drug-likeness (QED) is 0.669. The minimum absolute atomic E-state index is 0.0799. The van der Waals surface area contributed by atoms with E-state index in [4.69, 9.17) is 0 Å². The minimum Gasteiger partial charge on any atom is -0.335 e. The Balaban J connectivity index is 1.43. The van der Waals surface area contributed by atoms with Gasteiger partial charge in [-0.3, -0.25) is 15.0 Å². The van der Waals surface area contributed by atoms with Crippen LogP contribution in [0.2, 0.25) is 0 Å². The number of rotatable bonds is 5. The van der Waals surface area contributed by atoms with Crippen LogP contribution in [0, 0.1) is 0 Å². The van der Waals surface area contributed by atoms with Crippen LogP contribution in [-0.2, 0) is 14.8 Å². The molecule has 0 bridgehead atoms. The van der Waals surface area contributed by atoms with E-state index in [-0.39, 0.29) is 18.5 Å². The van der Waals surface area contributed by atoms with Gasteiger partial charge in [-0.15, -0.1) is 11.3 Å². The van der Waals surface area contributed by atoms with Gasteiger partial charge in [0.2, 0.25) is 5.91 Å². The number of nitrogens with one attached hydrogen (secondary N) is 2. The highest BCUT2D eigenvalue weighted by Crippen LogP contribution is 2.28. The van der Waals surface area contributed by atoms with Crippen molar-refractivity contribution in [2.24, 2.45) is 0 Å². The van der Waals surface area contributed by atoms with Crippen molar-refractivity contribution in [3.63, 3.8) is 0 Å². The largest absolute Gasteiger partial charge is 0.335 e. The maximum atomic E-state index is 12.6. The molecule has 1 saturated heterocycles. The van der Waals surface area contributed by atoms with E-state index in [1.165, 1.54) is 15.6 Å². The fourth-order valence-corrected chi connectivity index (χ4v) is 6.94. The van der Waals surface area contributed by atoms with Gasteiger partial charge in [0.15, 0.2) is 0 Å². The Morgan fingerprint density at radius 3 is 2.41 bits per heavy atom. The van der Waals surface area contributed by atoms with E-state index < -0.39 is 16.1 Å². The van der Waals surface area contributed by atoms with E-state index >= 15 is 0 Å². The van der Waals surface area contributed by atoms with Crippen molar-refractivity contribution in [1.82, 2.24) is 19.8 Å². The Kier molecular flexibility index (Phi) is 6.90. The second kappa shape index (κ2) is 8.99. The maximum absolute atomic E-state index is 12.6. The highest BCUT2D eigenvalue weighted by atomic mass is 79.9. The van der Waals surface area contributed by atoms with Crippen molar-refractivity contribution < 1.29 is 18.0 Å². The molecule has 1 aromatic heterocycles. The summed E-state index contributed by atoms with van der Waals surface area (Å²) in [6.45, 7) is 1.61. The molecule has 1 saturated carbocycles. The third kappa shape index (κ3) is 5.50. The summed E-state index contributed by atoms with van der Waals surface area (Å²) < 4.78 is 27.7. The van der Waals surface area contributed by atoms with Crippen LogP contribution in [-0.4, -0.2) is 68.3 Å². The minimum atomic E-state index is -3.50. The van der Waals surface area contributed by atoms with Gasteiger partial charge in [-0.25, -0.2) is 13.2 Å². The number of urea groups is 1. The molecule has 0 atom stereocenters. The van der Waals surface area contributed by atoms with Crippen molar-refractivity contribution >= 4 is 49.2 Å². The van der Waals surface area contributed by atoms with Crippen LogP contribution in [0.3, 0.4) is 0 Å². The third-order valence-corrected chi connectivity index (χ3v) is 8.77. The van der Waals surface area contributed by atoms with Crippen molar-refractivity contribution in [3.05, 3.63) is 15.9 Å². The molecule has 0 unspecified atom stereocenters. The van der Waals surface area contributed by atoms with Gasteiger partial charge in [0.05, 0.1) is 10.3 Å². The summed E-state index contributed by atoms with van der Waals surface area (Å²) in [6, 6.07) is 3.02. The molecule has 3 rings (SSSR count). The lowest BCUT2D eigenvalue weighted by atomic mass is 10.2. The molecule has 0 spiro atoms. The number of piperazine rings is 1. The van der Waals surface area contributed by atoms with Crippen LogP contribution in [0.4, 0.5) is 4.79 Å². The second-order valence-electron chi connectivity index (χ2n) is 6.74. The summed E-state index contributed by atoms with van der Waals surface area (Å²) in [5.41, 5.74) is 0. The van der Waals surface area contributed by atoms with Gasteiger partial charge in [0.25, 0.3) is 10.0 Å². The molecule has 2 aliphatic rings. The smallest absolute Gasteiger partial charge is 0.321 e. The SMILES string of the molecule is O=C(CN1CCN(S(=O)(=O)c2ccc(Br)s2)CC1)NC(=O)NC1CCCC1. The molecule has 1 aromatic rings. The normalized spacial score (nSPS) is 19.9. The lowest BCUT2D eigenvalue weighted by Crippen LogP contribution is -2.52. The van der Waals surface area contributed by atoms with Gasteiger partial charge in [0.1, 0.15) is 4.21 Å². The van der Waals surface area contributed by atoms with E-state index in [9.17, 15) is 18.0 Å². The van der Waals surface area contributed by atoms with E-state index in [0.717, 1.165) is 29.5 Å². The summed E-state index contributed by atoms with van der Waals surface area (Å²) >= 11 is 4.47. The molecule has 27 heavy (non-hydrogen) atoms. The third-order valence-electron chi connectivity index (χ3n) is 4.78. The van der Waals surface area contributed by atoms with Gasteiger partial charge in [-0.1, -0.05) is 12.8 Å². The average molecular weight is 479 g/mol. The Bertz CT molecular complexity index is 784. The Morgan fingerprint density at radius 1 is 1.15 bits per heavy atom. The predicted molar refractivity (Wildman–Crippen MR) is 106 cm³/mol. The first-order chi connectivity index (χ1) is 12.8. The van der Waals surface area contributed by atoms with Crippen LogP contribution in [0.15, 0.2) is 20.1 Å². The predicted octanol–water partition coefficient (Wildman–Crippen LogP) is 1.59. The molecule has 2 N–H and O–H groups in total. The molecule has 11 heteroatoms. The first kappa shape index (κ1) is 20.7. The zero-order valence-electron chi connectivity index (χ0n) is 14.8. The molecule has 0 aromatic carbocycles. The molecule has 150 valence electrons. The lowest BCUT2D eigenvalue weighted by molar-refractivity contribution is -0.121. The number of hydrogen-bond acceptors (Lipinski definition) is 6. The summed E-state index contributed by atoms with van der Waals surface area (Å²) in [7, 11) is -3.50. The number of carbonyl (C=O) groups excluding carboxylic acids is 2. The number of nitrogens with zero attached hydrogens (tertiary/aromatic N) is 2. The van der Waals surface area contributed by atoms with Crippen molar-refractivity contribution in [2.75, 3.05) is 32.7 Å². The monoisotopic (exact) mass is 478 g/mol. The summed E-state index contributed by atoms with van der Waals surface area (Å²) in [5.74, 6) is -0.371. The summed E-state index contributed by atoms with van der Waals surface area (Å²) in [4.78, 5) is 25.7. The van der Waals surface area contributed by atoms with E-state index in [1.54, 1.807) is 12.1 Å². The lowest BCUT2D eigenvalue weighted by Gasteiger charge is -2.33. The molecule has 1 aliphatic heterocycles. The van der Waals surface area contributed by atoms with Gasteiger partial charge in [-0.05, 0) is 40.9 Å². The number of hydrogen-bond donors (Lipinski definition) is 2. The first-order valence-corrected chi connectivity index (χ1v) is 12.0. The highest BCUT2D eigenvalue weighted by Gasteiger charge is 2.30. The number of amides is 3. The standard InChI is InChI=1S/C16H23BrN4O4S2/c17-13-5-6-15(26-13)27(24,25)21-9-7-20(8-10-21)11-14(22)19-16(23)18-12-3-1-2-4-12/h5-6,12H,1-4,7-11H2,(H2,18,19,22,23). The van der Waals surface area contributed by atoms with Crippen molar-refractivity contribution in [3.8, 4) is 0 Å². The van der Waals surface area contributed by atoms with Crippen LogP contribution in [0.1, 0.15) is 25.7 Å². The molecular weight excluding hydrogens is 456 g/mol. The second-order valence-corrected chi connectivity index (χ2v) is 11.4. The fraction of sp³-hybridized carbons (Fsp3) is 0.625. The number of sulfonamides is 1. The van der Waals surface area contributed by atoms with Crippen LogP contribution in [0.5, 0.6) is 0 Å². The fourth-order valence-electron chi connectivity index (χ4n) is 3.35. The molecule has 1 aliphatic carbocycles. The Morgan fingerprint density at radius 2 is 1.81 bits per heavy atom. The van der Waals surface area contributed by atoms with E-state index in [2.05, 4.69) is 26.6 Å². The van der Waals surface area contributed by atoms with Crippen molar-refractivity contribution in [2.45, 2.75) is 35.9 Å².